The molecule has 1 saturated carbocycles. The first kappa shape index (κ1) is 34.3. The molecule has 0 amide bonds. The first-order chi connectivity index (χ1) is 21.4. The van der Waals surface area contributed by atoms with Gasteiger partial charge in [-0.2, -0.15) is 0 Å². The predicted molar refractivity (Wildman–Crippen MR) is 177 cm³/mol. The van der Waals surface area contributed by atoms with E-state index >= 15 is 13.2 Å². The minimum Gasteiger partial charge on any atom is -0.203 e. The Morgan fingerprint density at radius 2 is 1.00 bits per heavy atom. The third-order valence-electron chi connectivity index (χ3n) is 9.83. The fourth-order valence-corrected chi connectivity index (χ4v) is 7.01. The Balaban J connectivity index is 1.35. The van der Waals surface area contributed by atoms with Gasteiger partial charge < -0.3 is 0 Å². The molecule has 3 aromatic carbocycles. The van der Waals surface area contributed by atoms with E-state index < -0.39 is 23.3 Å². The Morgan fingerprint density at radius 3 is 1.59 bits per heavy atom. The van der Waals surface area contributed by atoms with Crippen LogP contribution in [-0.4, -0.2) is 0 Å². The number of rotatable bonds is 17. The Hall–Kier alpha value is -2.62. The highest BCUT2D eigenvalue weighted by Gasteiger charge is 2.26. The van der Waals surface area contributed by atoms with Gasteiger partial charge in [-0.25, -0.2) is 17.6 Å². The number of benzene rings is 3. The average molecular weight is 609 g/mol. The van der Waals surface area contributed by atoms with Crippen LogP contribution >= 0.6 is 0 Å². The van der Waals surface area contributed by atoms with E-state index in [1.54, 1.807) is 48.5 Å². The molecule has 4 heteroatoms. The lowest BCUT2D eigenvalue weighted by Crippen LogP contribution is -2.15. The number of aryl methyl sites for hydroxylation is 1. The zero-order chi connectivity index (χ0) is 31.3. The molecule has 0 nitrogen and oxygen atoms in total. The number of hydrogen-bond acceptors (Lipinski definition) is 0. The van der Waals surface area contributed by atoms with Gasteiger partial charge in [-0.15, -0.1) is 0 Å². The maximum Gasteiger partial charge on any atom is 0.166 e. The summed E-state index contributed by atoms with van der Waals surface area (Å²) in [6.07, 6.45) is 20.1. The number of hydrogen-bond donors (Lipinski definition) is 0. The second kappa shape index (κ2) is 17.8. The molecule has 0 heterocycles. The van der Waals surface area contributed by atoms with Crippen molar-refractivity contribution >= 4 is 0 Å². The Bertz CT molecular complexity index is 1290. The Kier molecular flexibility index (Phi) is 13.8. The molecule has 0 aromatic heterocycles. The van der Waals surface area contributed by atoms with Gasteiger partial charge >= 0.3 is 0 Å². The summed E-state index contributed by atoms with van der Waals surface area (Å²) < 4.78 is 60.7. The van der Waals surface area contributed by atoms with Gasteiger partial charge in [-0.05, 0) is 72.6 Å². The minimum absolute atomic E-state index is 0.0592. The summed E-state index contributed by atoms with van der Waals surface area (Å²) in [7, 11) is 0. The van der Waals surface area contributed by atoms with E-state index in [1.165, 1.54) is 64.2 Å². The van der Waals surface area contributed by atoms with Crippen LogP contribution in [0.2, 0.25) is 0 Å². The molecule has 0 bridgehead atoms. The van der Waals surface area contributed by atoms with Crippen LogP contribution in [0.4, 0.5) is 17.6 Å². The molecule has 3 aromatic rings. The minimum atomic E-state index is -0.856. The van der Waals surface area contributed by atoms with Gasteiger partial charge in [0.25, 0.3) is 0 Å². The molecular weight excluding hydrogens is 556 g/mol. The van der Waals surface area contributed by atoms with E-state index in [0.29, 0.717) is 34.6 Å². The van der Waals surface area contributed by atoms with E-state index in [0.717, 1.165) is 44.9 Å². The van der Waals surface area contributed by atoms with E-state index in [9.17, 15) is 4.39 Å². The lowest BCUT2D eigenvalue weighted by atomic mass is 9.76. The second-order valence-corrected chi connectivity index (χ2v) is 13.1. The highest BCUT2D eigenvalue weighted by Crippen LogP contribution is 2.40. The fraction of sp³-hybridized carbons (Fsp3) is 0.550. The highest BCUT2D eigenvalue weighted by molar-refractivity contribution is 5.71. The van der Waals surface area contributed by atoms with E-state index in [2.05, 4.69) is 13.8 Å². The van der Waals surface area contributed by atoms with Crippen molar-refractivity contribution in [1.82, 2.24) is 0 Å². The van der Waals surface area contributed by atoms with Crippen molar-refractivity contribution < 1.29 is 17.6 Å². The normalized spacial score (nSPS) is 16.9. The smallest absolute Gasteiger partial charge is 0.166 e. The van der Waals surface area contributed by atoms with Crippen molar-refractivity contribution in [3.05, 3.63) is 82.9 Å². The molecule has 4 rings (SSSR count). The summed E-state index contributed by atoms with van der Waals surface area (Å²) in [6, 6.07) is 13.3. The molecule has 1 aliphatic carbocycles. The molecule has 0 spiro atoms. The van der Waals surface area contributed by atoms with Crippen molar-refractivity contribution in [2.24, 2.45) is 5.92 Å². The Labute approximate surface area is 263 Å². The summed E-state index contributed by atoms with van der Waals surface area (Å²) in [4.78, 5) is 0. The second-order valence-electron chi connectivity index (χ2n) is 13.1. The third kappa shape index (κ3) is 9.21. The molecule has 0 radical (unpaired) electrons. The molecule has 1 aliphatic rings. The lowest BCUT2D eigenvalue weighted by molar-refractivity contribution is 0.297. The van der Waals surface area contributed by atoms with Crippen molar-refractivity contribution in [2.45, 2.75) is 135 Å². The van der Waals surface area contributed by atoms with Crippen molar-refractivity contribution in [3.63, 3.8) is 0 Å². The molecule has 240 valence electrons. The fourth-order valence-electron chi connectivity index (χ4n) is 7.01. The van der Waals surface area contributed by atoms with E-state index in [4.69, 9.17) is 0 Å². The summed E-state index contributed by atoms with van der Waals surface area (Å²) in [5.41, 5.74) is 2.28. The molecule has 0 N–H and O–H groups in total. The van der Waals surface area contributed by atoms with Crippen LogP contribution in [0, 0.1) is 29.2 Å². The zero-order valence-electron chi connectivity index (χ0n) is 27.0. The highest BCUT2D eigenvalue weighted by atomic mass is 19.2. The van der Waals surface area contributed by atoms with E-state index in [-0.39, 0.29) is 17.0 Å². The van der Waals surface area contributed by atoms with Gasteiger partial charge in [0.1, 0.15) is 0 Å². The molecule has 1 fully saturated rings. The Morgan fingerprint density at radius 1 is 0.500 bits per heavy atom. The number of halogens is 4. The third-order valence-corrected chi connectivity index (χ3v) is 9.83. The van der Waals surface area contributed by atoms with Gasteiger partial charge in [0, 0.05) is 11.1 Å². The van der Waals surface area contributed by atoms with Gasteiger partial charge in [-0.3, -0.25) is 0 Å². The van der Waals surface area contributed by atoms with Gasteiger partial charge in [-0.1, -0.05) is 139 Å². The number of unbranched alkanes of at least 4 members (excludes halogenated alkanes) is 10. The lowest BCUT2D eigenvalue weighted by Gasteiger charge is -2.29. The van der Waals surface area contributed by atoms with Crippen LogP contribution in [0.5, 0.6) is 0 Å². The largest absolute Gasteiger partial charge is 0.203 e. The zero-order valence-corrected chi connectivity index (χ0v) is 27.0. The van der Waals surface area contributed by atoms with Crippen LogP contribution in [0.15, 0.2) is 48.5 Å². The first-order valence-corrected chi connectivity index (χ1v) is 17.5. The summed E-state index contributed by atoms with van der Waals surface area (Å²) in [5, 5.41) is 0. The maximum atomic E-state index is 15.4. The summed E-state index contributed by atoms with van der Waals surface area (Å²) in [5.74, 6) is -2.46. The van der Waals surface area contributed by atoms with E-state index in [1.807, 2.05) is 0 Å². The molecule has 0 unspecified atom stereocenters. The average Bonchev–Trinajstić information content (AvgIpc) is 3.04. The van der Waals surface area contributed by atoms with Crippen LogP contribution in [0.25, 0.3) is 22.3 Å². The van der Waals surface area contributed by atoms with Gasteiger partial charge in [0.15, 0.2) is 23.3 Å². The predicted octanol–water partition coefficient (Wildman–Crippen LogP) is 13.5. The maximum absolute atomic E-state index is 15.4. The quantitative estimate of drug-likeness (QED) is 0.106. The monoisotopic (exact) mass is 608 g/mol. The molecule has 0 aliphatic heterocycles. The molecular formula is C40H52F4. The summed E-state index contributed by atoms with van der Waals surface area (Å²) >= 11 is 0. The van der Waals surface area contributed by atoms with Crippen molar-refractivity contribution in [2.75, 3.05) is 0 Å². The molecule has 0 atom stereocenters. The van der Waals surface area contributed by atoms with Crippen LogP contribution in [0.1, 0.15) is 140 Å². The first-order valence-electron chi connectivity index (χ1n) is 17.5. The van der Waals surface area contributed by atoms with Gasteiger partial charge in [0.2, 0.25) is 0 Å². The SMILES string of the molecule is CCCCCCCCCc1ccc(-c2ccc(-c3ccc(C4CCC(CCCCCCC)CC4)c(F)c3F)cc2)c(F)c1F. The van der Waals surface area contributed by atoms with Crippen LogP contribution in [-0.2, 0) is 6.42 Å². The van der Waals surface area contributed by atoms with Crippen LogP contribution < -0.4 is 0 Å². The van der Waals surface area contributed by atoms with Gasteiger partial charge in [0.05, 0.1) is 0 Å². The van der Waals surface area contributed by atoms with Crippen molar-refractivity contribution in [1.29, 1.82) is 0 Å². The van der Waals surface area contributed by atoms with Crippen molar-refractivity contribution in [3.8, 4) is 22.3 Å². The summed E-state index contributed by atoms with van der Waals surface area (Å²) in [6.45, 7) is 4.42. The molecule has 44 heavy (non-hydrogen) atoms. The topological polar surface area (TPSA) is 0 Å². The molecule has 0 saturated heterocycles. The van der Waals surface area contributed by atoms with Crippen LogP contribution in [0.3, 0.4) is 0 Å². The standard InChI is InChI=1S/C40H52F4/c1-3-5-7-9-10-12-14-16-33-25-26-34(38(42)37(33)41)31-21-23-32(24-22-31)36-28-27-35(39(43)40(36)44)30-19-17-29(18-20-30)15-13-11-8-6-4-2/h21-30H,3-20H2,1-2H3.